The second-order valence-corrected chi connectivity index (χ2v) is 6.51. The minimum Gasteiger partial charge on any atom is -0.508 e. The van der Waals surface area contributed by atoms with Gasteiger partial charge in [-0.3, -0.25) is 4.79 Å². The van der Waals surface area contributed by atoms with Crippen molar-refractivity contribution in [3.05, 3.63) is 29.8 Å². The Morgan fingerprint density at radius 3 is 2.56 bits per heavy atom. The van der Waals surface area contributed by atoms with Gasteiger partial charge in [0.05, 0.1) is 0 Å². The number of hydrogen-bond donors (Lipinski definition) is 1. The third kappa shape index (κ3) is 2.03. The highest BCUT2D eigenvalue weighted by molar-refractivity contribution is 9.09. The van der Waals surface area contributed by atoms with E-state index in [1.165, 1.54) is 0 Å². The summed E-state index contributed by atoms with van der Waals surface area (Å²) in [7, 11) is 0. The molecule has 0 saturated carbocycles. The van der Waals surface area contributed by atoms with Crippen molar-refractivity contribution < 1.29 is 9.90 Å². The van der Waals surface area contributed by atoms with Gasteiger partial charge in [-0.05, 0) is 43.9 Å². The molecule has 96 valence electrons. The standard InChI is InChI=1S/C14H16BrNO2/c15-10-7-11-4-5-12(8-10)16(11)14(18)9-2-1-3-13(17)6-9/h1-3,6,10-12,17H,4-5,7-8H2. The van der Waals surface area contributed by atoms with E-state index in [0.717, 1.165) is 25.7 Å². The van der Waals surface area contributed by atoms with E-state index in [9.17, 15) is 9.90 Å². The number of amides is 1. The predicted octanol–water partition coefficient (Wildman–Crippen LogP) is 2.92. The van der Waals surface area contributed by atoms with E-state index in [1.54, 1.807) is 24.3 Å². The number of nitrogens with zero attached hydrogens (tertiary/aromatic N) is 1. The zero-order valence-corrected chi connectivity index (χ0v) is 11.6. The average molecular weight is 310 g/mol. The van der Waals surface area contributed by atoms with Crippen molar-refractivity contribution in [3.63, 3.8) is 0 Å². The summed E-state index contributed by atoms with van der Waals surface area (Å²) >= 11 is 3.68. The Morgan fingerprint density at radius 2 is 1.94 bits per heavy atom. The molecule has 2 bridgehead atoms. The van der Waals surface area contributed by atoms with E-state index < -0.39 is 0 Å². The van der Waals surface area contributed by atoms with E-state index in [4.69, 9.17) is 0 Å². The summed E-state index contributed by atoms with van der Waals surface area (Å²) in [6, 6.07) is 7.38. The number of aromatic hydroxyl groups is 1. The monoisotopic (exact) mass is 309 g/mol. The summed E-state index contributed by atoms with van der Waals surface area (Å²) in [6.45, 7) is 0. The van der Waals surface area contributed by atoms with Gasteiger partial charge in [0, 0.05) is 22.5 Å². The first-order chi connectivity index (χ1) is 8.65. The minimum atomic E-state index is 0.0674. The largest absolute Gasteiger partial charge is 0.508 e. The molecule has 4 heteroatoms. The lowest BCUT2D eigenvalue weighted by Gasteiger charge is -2.37. The van der Waals surface area contributed by atoms with Gasteiger partial charge in [-0.25, -0.2) is 0 Å². The maximum absolute atomic E-state index is 12.5. The van der Waals surface area contributed by atoms with Crippen LogP contribution >= 0.6 is 15.9 Å². The second kappa shape index (κ2) is 4.57. The third-order valence-electron chi connectivity index (χ3n) is 4.00. The van der Waals surface area contributed by atoms with E-state index in [1.807, 2.05) is 4.90 Å². The highest BCUT2D eigenvalue weighted by Gasteiger charge is 2.42. The molecule has 3 rings (SSSR count). The number of piperidine rings is 1. The number of hydrogen-bond acceptors (Lipinski definition) is 2. The lowest BCUT2D eigenvalue weighted by atomic mass is 10.0. The fraction of sp³-hybridized carbons (Fsp3) is 0.500. The van der Waals surface area contributed by atoms with Crippen LogP contribution in [0, 0.1) is 0 Å². The number of phenolic OH excluding ortho intramolecular Hbond substituents is 1. The average Bonchev–Trinajstić information content (AvgIpc) is 2.61. The second-order valence-electron chi connectivity index (χ2n) is 5.22. The number of alkyl halides is 1. The van der Waals surface area contributed by atoms with Gasteiger partial charge in [0.1, 0.15) is 5.75 Å². The van der Waals surface area contributed by atoms with Crippen LogP contribution in [-0.2, 0) is 0 Å². The Bertz CT molecular complexity index is 463. The molecular formula is C14H16BrNO2. The van der Waals surface area contributed by atoms with Crippen LogP contribution in [-0.4, -0.2) is 32.8 Å². The molecular weight excluding hydrogens is 294 g/mol. The molecule has 0 aliphatic carbocycles. The first-order valence-electron chi connectivity index (χ1n) is 6.41. The zero-order valence-electron chi connectivity index (χ0n) is 10.1. The molecule has 1 amide bonds. The van der Waals surface area contributed by atoms with Gasteiger partial charge in [-0.1, -0.05) is 22.0 Å². The number of halogens is 1. The Morgan fingerprint density at radius 1 is 1.28 bits per heavy atom. The van der Waals surface area contributed by atoms with Crippen LogP contribution in [0.1, 0.15) is 36.0 Å². The number of carbonyl (C=O) groups is 1. The molecule has 3 nitrogen and oxygen atoms in total. The van der Waals surface area contributed by atoms with Crippen LogP contribution in [0.25, 0.3) is 0 Å². The van der Waals surface area contributed by atoms with Crippen molar-refractivity contribution >= 4 is 21.8 Å². The summed E-state index contributed by atoms with van der Waals surface area (Å²) in [5.74, 6) is 0.223. The predicted molar refractivity (Wildman–Crippen MR) is 73.0 cm³/mol. The number of rotatable bonds is 1. The van der Waals surface area contributed by atoms with Crippen LogP contribution in [0.5, 0.6) is 5.75 Å². The van der Waals surface area contributed by atoms with Crippen LogP contribution in [0.2, 0.25) is 0 Å². The highest BCUT2D eigenvalue weighted by Crippen LogP contribution is 2.39. The Hall–Kier alpha value is -1.03. The fourth-order valence-corrected chi connectivity index (χ4v) is 4.09. The molecule has 0 aromatic heterocycles. The Balaban J connectivity index is 1.85. The van der Waals surface area contributed by atoms with Gasteiger partial charge < -0.3 is 10.0 Å². The lowest BCUT2D eigenvalue weighted by Crippen LogP contribution is -2.46. The SMILES string of the molecule is O=C(c1cccc(O)c1)N1C2CCC1CC(Br)C2. The van der Waals surface area contributed by atoms with Crippen molar-refractivity contribution in [3.8, 4) is 5.75 Å². The quantitative estimate of drug-likeness (QED) is 0.810. The maximum atomic E-state index is 12.5. The van der Waals surface area contributed by atoms with Crippen molar-refractivity contribution in [1.82, 2.24) is 4.90 Å². The molecule has 0 spiro atoms. The fourth-order valence-electron chi connectivity index (χ4n) is 3.23. The highest BCUT2D eigenvalue weighted by atomic mass is 79.9. The van der Waals surface area contributed by atoms with Gasteiger partial charge in [0.25, 0.3) is 5.91 Å². The van der Waals surface area contributed by atoms with Gasteiger partial charge in [-0.2, -0.15) is 0 Å². The molecule has 1 aromatic rings. The van der Waals surface area contributed by atoms with E-state index in [2.05, 4.69) is 15.9 Å². The molecule has 2 fully saturated rings. The Labute approximate surface area is 115 Å². The summed E-state index contributed by atoms with van der Waals surface area (Å²) in [5, 5.41) is 9.47. The van der Waals surface area contributed by atoms with Crippen LogP contribution < -0.4 is 0 Å². The molecule has 2 atom stereocenters. The van der Waals surface area contributed by atoms with Gasteiger partial charge in [0.2, 0.25) is 0 Å². The van der Waals surface area contributed by atoms with E-state index in [0.29, 0.717) is 22.5 Å². The van der Waals surface area contributed by atoms with Crippen molar-refractivity contribution in [2.24, 2.45) is 0 Å². The molecule has 2 heterocycles. The Kier molecular flexibility index (Phi) is 3.06. The molecule has 1 aromatic carbocycles. The topological polar surface area (TPSA) is 40.5 Å². The van der Waals surface area contributed by atoms with Crippen molar-refractivity contribution in [2.75, 3.05) is 0 Å². The van der Waals surface area contributed by atoms with Gasteiger partial charge >= 0.3 is 0 Å². The van der Waals surface area contributed by atoms with Crippen LogP contribution in [0.4, 0.5) is 0 Å². The molecule has 2 unspecified atom stereocenters. The summed E-state index contributed by atoms with van der Waals surface area (Å²) in [6.07, 6.45) is 4.30. The smallest absolute Gasteiger partial charge is 0.254 e. The normalized spacial score (nSPS) is 30.5. The number of carbonyl (C=O) groups excluding carboxylic acids is 1. The minimum absolute atomic E-state index is 0.0674. The van der Waals surface area contributed by atoms with E-state index >= 15 is 0 Å². The number of phenols is 1. The molecule has 0 radical (unpaired) electrons. The maximum Gasteiger partial charge on any atom is 0.254 e. The third-order valence-corrected chi connectivity index (χ3v) is 4.75. The molecule has 2 aliphatic heterocycles. The summed E-state index contributed by atoms with van der Waals surface area (Å²) in [5.41, 5.74) is 0.597. The van der Waals surface area contributed by atoms with Gasteiger partial charge in [-0.15, -0.1) is 0 Å². The molecule has 1 N–H and O–H groups in total. The van der Waals surface area contributed by atoms with Crippen LogP contribution in [0.3, 0.4) is 0 Å². The van der Waals surface area contributed by atoms with Crippen molar-refractivity contribution in [1.29, 1.82) is 0 Å². The number of fused-ring (bicyclic) bond motifs is 2. The number of benzene rings is 1. The molecule has 2 saturated heterocycles. The van der Waals surface area contributed by atoms with Crippen LogP contribution in [0.15, 0.2) is 24.3 Å². The first-order valence-corrected chi connectivity index (χ1v) is 7.32. The summed E-state index contributed by atoms with van der Waals surface area (Å²) in [4.78, 5) is 15.1. The zero-order chi connectivity index (χ0) is 12.7. The molecule has 18 heavy (non-hydrogen) atoms. The molecule has 2 aliphatic rings. The van der Waals surface area contributed by atoms with Crippen molar-refractivity contribution in [2.45, 2.75) is 42.6 Å². The first kappa shape index (κ1) is 12.0. The summed E-state index contributed by atoms with van der Waals surface area (Å²) < 4.78 is 0. The van der Waals surface area contributed by atoms with Gasteiger partial charge in [0.15, 0.2) is 0 Å². The lowest BCUT2D eigenvalue weighted by molar-refractivity contribution is 0.0603. The van der Waals surface area contributed by atoms with E-state index in [-0.39, 0.29) is 11.7 Å².